The van der Waals surface area contributed by atoms with Gasteiger partial charge in [0.05, 0.1) is 6.67 Å². The highest BCUT2D eigenvalue weighted by molar-refractivity contribution is 7.71. The fraction of sp³-hybridized carbons (Fsp3) is 0.500. The molecule has 23 heavy (non-hydrogen) atoms. The molecule has 0 fully saturated rings. The number of aromatic nitrogens is 3. The summed E-state index contributed by atoms with van der Waals surface area (Å²) in [6, 6.07) is 6.69. The molecule has 0 aliphatic carbocycles. The molecule has 0 saturated heterocycles. The SMILES string of the molecule is CCCN(CCc1cccc(F)c1)Cn1nc(CO)n(C)c1=S. The maximum atomic E-state index is 13.3. The van der Waals surface area contributed by atoms with E-state index in [2.05, 4.69) is 16.9 Å². The molecule has 126 valence electrons. The molecule has 1 N–H and O–H groups in total. The second-order valence-corrected chi connectivity index (χ2v) is 5.92. The summed E-state index contributed by atoms with van der Waals surface area (Å²) in [5.41, 5.74) is 0.978. The van der Waals surface area contributed by atoms with E-state index < -0.39 is 0 Å². The molecule has 1 heterocycles. The highest BCUT2D eigenvalue weighted by Gasteiger charge is 2.11. The maximum Gasteiger partial charge on any atom is 0.198 e. The average Bonchev–Trinajstić information content (AvgIpc) is 2.81. The van der Waals surface area contributed by atoms with Crippen LogP contribution in [-0.4, -0.2) is 37.4 Å². The van der Waals surface area contributed by atoms with Crippen molar-refractivity contribution in [2.75, 3.05) is 13.1 Å². The van der Waals surface area contributed by atoms with E-state index in [-0.39, 0.29) is 12.4 Å². The third-order valence-electron chi connectivity index (χ3n) is 3.75. The van der Waals surface area contributed by atoms with Crippen molar-refractivity contribution in [3.8, 4) is 0 Å². The molecule has 0 aliphatic rings. The van der Waals surface area contributed by atoms with Crippen LogP contribution in [-0.2, 0) is 26.7 Å². The first kappa shape index (κ1) is 17.8. The zero-order valence-electron chi connectivity index (χ0n) is 13.6. The molecule has 0 atom stereocenters. The monoisotopic (exact) mass is 338 g/mol. The predicted octanol–water partition coefficient (Wildman–Crippen LogP) is 2.49. The summed E-state index contributed by atoms with van der Waals surface area (Å²) in [7, 11) is 1.80. The first-order valence-corrected chi connectivity index (χ1v) is 8.16. The van der Waals surface area contributed by atoms with E-state index in [9.17, 15) is 9.50 Å². The second kappa shape index (κ2) is 8.33. The van der Waals surface area contributed by atoms with Gasteiger partial charge in [0.15, 0.2) is 10.6 Å². The summed E-state index contributed by atoms with van der Waals surface area (Å²) in [6.45, 7) is 4.25. The van der Waals surface area contributed by atoms with Crippen LogP contribution in [0.3, 0.4) is 0 Å². The molecule has 0 aliphatic heterocycles. The second-order valence-electron chi connectivity index (χ2n) is 5.55. The van der Waals surface area contributed by atoms with Crippen LogP contribution in [0.1, 0.15) is 24.7 Å². The number of aliphatic hydroxyl groups excluding tert-OH is 1. The van der Waals surface area contributed by atoms with Crippen molar-refractivity contribution in [1.29, 1.82) is 0 Å². The van der Waals surface area contributed by atoms with Crippen molar-refractivity contribution in [2.24, 2.45) is 7.05 Å². The van der Waals surface area contributed by atoms with Crippen molar-refractivity contribution in [1.82, 2.24) is 19.2 Å². The Morgan fingerprint density at radius 1 is 1.35 bits per heavy atom. The fourth-order valence-electron chi connectivity index (χ4n) is 2.50. The van der Waals surface area contributed by atoms with Gasteiger partial charge in [-0.05, 0) is 49.3 Å². The third kappa shape index (κ3) is 4.70. The number of benzene rings is 1. The molecule has 7 heteroatoms. The summed E-state index contributed by atoms with van der Waals surface area (Å²) in [5, 5.41) is 13.6. The van der Waals surface area contributed by atoms with Crippen molar-refractivity contribution >= 4 is 12.2 Å². The van der Waals surface area contributed by atoms with Gasteiger partial charge >= 0.3 is 0 Å². The minimum absolute atomic E-state index is 0.135. The van der Waals surface area contributed by atoms with E-state index in [4.69, 9.17) is 12.2 Å². The van der Waals surface area contributed by atoms with E-state index in [1.807, 2.05) is 6.07 Å². The Morgan fingerprint density at radius 2 is 2.13 bits per heavy atom. The minimum Gasteiger partial charge on any atom is -0.388 e. The number of rotatable bonds is 8. The molecular weight excluding hydrogens is 315 g/mol. The quantitative estimate of drug-likeness (QED) is 0.751. The molecule has 0 spiro atoms. The molecule has 0 unspecified atom stereocenters. The summed E-state index contributed by atoms with van der Waals surface area (Å²) < 4.78 is 17.3. The Bertz CT molecular complexity index is 698. The van der Waals surface area contributed by atoms with Crippen LogP contribution in [0.2, 0.25) is 0 Å². The summed E-state index contributed by atoms with van der Waals surface area (Å²) in [6.07, 6.45) is 1.78. The number of nitrogens with zero attached hydrogens (tertiary/aromatic N) is 4. The van der Waals surface area contributed by atoms with Crippen LogP contribution in [0.4, 0.5) is 4.39 Å². The number of hydrogen-bond donors (Lipinski definition) is 1. The Hall–Kier alpha value is -1.57. The van der Waals surface area contributed by atoms with Gasteiger partial charge in [0.2, 0.25) is 0 Å². The molecule has 0 bridgehead atoms. The summed E-state index contributed by atoms with van der Waals surface area (Å²) in [5.74, 6) is 0.348. The zero-order chi connectivity index (χ0) is 16.8. The molecule has 0 radical (unpaired) electrons. The smallest absolute Gasteiger partial charge is 0.198 e. The largest absolute Gasteiger partial charge is 0.388 e. The molecule has 2 aromatic rings. The lowest BCUT2D eigenvalue weighted by atomic mass is 10.1. The number of halogens is 1. The van der Waals surface area contributed by atoms with Crippen molar-refractivity contribution in [2.45, 2.75) is 33.0 Å². The topological polar surface area (TPSA) is 46.2 Å². The average molecular weight is 338 g/mol. The Kier molecular flexibility index (Phi) is 6.44. The Labute approximate surface area is 141 Å². The highest BCUT2D eigenvalue weighted by Crippen LogP contribution is 2.07. The standard InChI is InChI=1S/C16H23FN4OS/c1-3-8-20(9-7-13-5-4-6-14(17)10-13)12-21-16(23)19(2)15(11-22)18-21/h4-6,10,22H,3,7-9,11-12H2,1-2H3. The van der Waals surface area contributed by atoms with Crippen LogP contribution in [0.15, 0.2) is 24.3 Å². The molecule has 1 aromatic heterocycles. The maximum absolute atomic E-state index is 13.3. The van der Waals surface area contributed by atoms with Crippen LogP contribution >= 0.6 is 12.2 Å². The minimum atomic E-state index is -0.205. The van der Waals surface area contributed by atoms with Gasteiger partial charge < -0.3 is 9.67 Å². The first-order valence-electron chi connectivity index (χ1n) is 7.75. The third-order valence-corrected chi connectivity index (χ3v) is 4.24. The van der Waals surface area contributed by atoms with Gasteiger partial charge in [0, 0.05) is 13.6 Å². The molecule has 1 aromatic carbocycles. The molecule has 5 nitrogen and oxygen atoms in total. The van der Waals surface area contributed by atoms with Gasteiger partial charge in [0.1, 0.15) is 12.4 Å². The normalized spacial score (nSPS) is 11.3. The van der Waals surface area contributed by atoms with Crippen LogP contribution < -0.4 is 0 Å². The molecule has 0 amide bonds. The van der Waals surface area contributed by atoms with Gasteiger partial charge in [-0.25, -0.2) is 9.07 Å². The number of hydrogen-bond acceptors (Lipinski definition) is 4. The van der Waals surface area contributed by atoms with Gasteiger partial charge in [-0.15, -0.1) is 0 Å². The van der Waals surface area contributed by atoms with Crippen molar-refractivity contribution in [3.05, 3.63) is 46.2 Å². The number of aliphatic hydroxyl groups is 1. The van der Waals surface area contributed by atoms with E-state index in [0.717, 1.165) is 31.5 Å². The molecule has 2 rings (SSSR count). The molecular formula is C16H23FN4OS. The lowest BCUT2D eigenvalue weighted by Crippen LogP contribution is -2.30. The van der Waals surface area contributed by atoms with Crippen molar-refractivity contribution in [3.63, 3.8) is 0 Å². The molecule has 0 saturated carbocycles. The van der Waals surface area contributed by atoms with E-state index in [0.29, 0.717) is 17.3 Å². The predicted molar refractivity (Wildman–Crippen MR) is 89.9 cm³/mol. The fourth-order valence-corrected chi connectivity index (χ4v) is 2.71. The highest BCUT2D eigenvalue weighted by atomic mass is 32.1. The van der Waals surface area contributed by atoms with Crippen LogP contribution in [0.5, 0.6) is 0 Å². The zero-order valence-corrected chi connectivity index (χ0v) is 14.4. The summed E-state index contributed by atoms with van der Waals surface area (Å²) >= 11 is 5.35. The van der Waals surface area contributed by atoms with Crippen LogP contribution in [0, 0.1) is 10.6 Å². The van der Waals surface area contributed by atoms with E-state index in [1.165, 1.54) is 6.07 Å². The van der Waals surface area contributed by atoms with Gasteiger partial charge in [-0.1, -0.05) is 19.1 Å². The lowest BCUT2D eigenvalue weighted by Gasteiger charge is -2.21. The Morgan fingerprint density at radius 3 is 2.74 bits per heavy atom. The Balaban J connectivity index is 2.05. The van der Waals surface area contributed by atoms with Gasteiger partial charge in [-0.3, -0.25) is 4.90 Å². The summed E-state index contributed by atoms with van der Waals surface area (Å²) in [4.78, 5) is 2.23. The van der Waals surface area contributed by atoms with Gasteiger partial charge in [0.25, 0.3) is 0 Å². The first-order chi connectivity index (χ1) is 11.0. The van der Waals surface area contributed by atoms with E-state index >= 15 is 0 Å². The van der Waals surface area contributed by atoms with Crippen LogP contribution in [0.25, 0.3) is 0 Å². The lowest BCUT2D eigenvalue weighted by molar-refractivity contribution is 0.205. The van der Waals surface area contributed by atoms with Gasteiger partial charge in [-0.2, -0.15) is 5.10 Å². The van der Waals surface area contributed by atoms with Crippen molar-refractivity contribution < 1.29 is 9.50 Å². The van der Waals surface area contributed by atoms with E-state index in [1.54, 1.807) is 28.4 Å².